The standard InChI is InChI=1S/C23H22ClN3O4S/c1-2-3-4-13-26-21(17-7-11-19(12-8-17)32(29,30)31)14-22(28)27-15-20(25-23(26)27)16-5-9-18(24)10-6-16/h5-12,14-15H,2-4,13H2,1H3,(H,29,30,31). The van der Waals surface area contributed by atoms with Crippen molar-refractivity contribution in [2.75, 3.05) is 0 Å². The first-order chi connectivity index (χ1) is 15.3. The van der Waals surface area contributed by atoms with Gasteiger partial charge in [0.15, 0.2) is 0 Å². The van der Waals surface area contributed by atoms with E-state index in [1.54, 1.807) is 30.5 Å². The summed E-state index contributed by atoms with van der Waals surface area (Å²) in [4.78, 5) is 17.5. The van der Waals surface area contributed by atoms with E-state index < -0.39 is 10.1 Å². The molecule has 166 valence electrons. The number of nitrogens with zero attached hydrogens (tertiary/aromatic N) is 3. The molecule has 0 aliphatic heterocycles. The van der Waals surface area contributed by atoms with Gasteiger partial charge in [0.2, 0.25) is 5.78 Å². The predicted molar refractivity (Wildman–Crippen MR) is 125 cm³/mol. The van der Waals surface area contributed by atoms with E-state index in [2.05, 4.69) is 6.92 Å². The summed E-state index contributed by atoms with van der Waals surface area (Å²) in [6.07, 6.45) is 4.67. The molecule has 4 rings (SSSR count). The number of imidazole rings is 1. The highest BCUT2D eigenvalue weighted by atomic mass is 35.5. The lowest BCUT2D eigenvalue weighted by atomic mass is 10.1. The first-order valence-corrected chi connectivity index (χ1v) is 12.1. The highest BCUT2D eigenvalue weighted by Crippen LogP contribution is 2.25. The van der Waals surface area contributed by atoms with Crippen LogP contribution >= 0.6 is 11.6 Å². The van der Waals surface area contributed by atoms with Crippen LogP contribution in [0.15, 0.2) is 70.5 Å². The molecule has 32 heavy (non-hydrogen) atoms. The van der Waals surface area contributed by atoms with Crippen molar-refractivity contribution in [1.82, 2.24) is 14.0 Å². The van der Waals surface area contributed by atoms with Crippen LogP contribution in [0.4, 0.5) is 0 Å². The van der Waals surface area contributed by atoms with E-state index in [-0.39, 0.29) is 10.5 Å². The molecule has 2 aromatic carbocycles. The molecule has 0 spiro atoms. The molecule has 2 heterocycles. The Morgan fingerprint density at radius 2 is 1.66 bits per heavy atom. The van der Waals surface area contributed by atoms with Gasteiger partial charge in [0.25, 0.3) is 15.7 Å². The maximum atomic E-state index is 12.9. The van der Waals surface area contributed by atoms with E-state index in [0.717, 1.165) is 24.8 Å². The van der Waals surface area contributed by atoms with Crippen LogP contribution in [0.3, 0.4) is 0 Å². The van der Waals surface area contributed by atoms with Gasteiger partial charge in [-0.1, -0.05) is 55.6 Å². The van der Waals surface area contributed by atoms with Gasteiger partial charge in [-0.3, -0.25) is 13.7 Å². The van der Waals surface area contributed by atoms with Gasteiger partial charge < -0.3 is 4.57 Å². The lowest BCUT2D eigenvalue weighted by Gasteiger charge is -2.15. The number of aryl methyl sites for hydroxylation is 1. The van der Waals surface area contributed by atoms with Crippen LogP contribution < -0.4 is 5.56 Å². The lowest BCUT2D eigenvalue weighted by Crippen LogP contribution is -2.18. The topological polar surface area (TPSA) is 93.7 Å². The van der Waals surface area contributed by atoms with Crippen LogP contribution in [0.1, 0.15) is 26.2 Å². The molecule has 0 fully saturated rings. The Bertz CT molecular complexity index is 1420. The second-order valence-electron chi connectivity index (χ2n) is 7.53. The van der Waals surface area contributed by atoms with Gasteiger partial charge in [-0.25, -0.2) is 4.98 Å². The fourth-order valence-electron chi connectivity index (χ4n) is 3.63. The summed E-state index contributed by atoms with van der Waals surface area (Å²) < 4.78 is 35.5. The molecular formula is C23H22ClN3O4S. The summed E-state index contributed by atoms with van der Waals surface area (Å²) in [7, 11) is -4.30. The summed E-state index contributed by atoms with van der Waals surface area (Å²) in [6, 6.07) is 14.6. The maximum Gasteiger partial charge on any atom is 0.294 e. The normalized spacial score (nSPS) is 11.8. The third-order valence-electron chi connectivity index (χ3n) is 5.29. The van der Waals surface area contributed by atoms with Crippen molar-refractivity contribution in [3.63, 3.8) is 0 Å². The number of unbranched alkanes of at least 4 members (excludes halogenated alkanes) is 2. The van der Waals surface area contributed by atoms with Gasteiger partial charge in [-0.05, 0) is 36.2 Å². The Kier molecular flexibility index (Phi) is 6.19. The number of benzene rings is 2. The maximum absolute atomic E-state index is 12.9. The molecule has 0 saturated carbocycles. The van der Waals surface area contributed by atoms with Crippen LogP contribution in [0.5, 0.6) is 0 Å². The Morgan fingerprint density at radius 3 is 2.28 bits per heavy atom. The minimum absolute atomic E-state index is 0.201. The van der Waals surface area contributed by atoms with Crippen LogP contribution in [0, 0.1) is 0 Å². The number of hydrogen-bond acceptors (Lipinski definition) is 4. The van der Waals surface area contributed by atoms with Gasteiger partial charge in [0.05, 0.1) is 16.3 Å². The summed E-state index contributed by atoms with van der Waals surface area (Å²) in [5.41, 5.74) is 2.55. The quantitative estimate of drug-likeness (QED) is 0.305. The van der Waals surface area contributed by atoms with Gasteiger partial charge in [-0.2, -0.15) is 8.42 Å². The molecule has 0 aliphatic rings. The molecule has 9 heteroatoms. The highest BCUT2D eigenvalue weighted by molar-refractivity contribution is 7.85. The molecule has 1 N–H and O–H groups in total. The zero-order chi connectivity index (χ0) is 22.9. The molecule has 0 aliphatic carbocycles. The Hall–Kier alpha value is -2.94. The van der Waals surface area contributed by atoms with Crippen LogP contribution in [0.2, 0.25) is 5.02 Å². The van der Waals surface area contributed by atoms with E-state index in [9.17, 15) is 17.8 Å². The number of rotatable bonds is 7. The number of fused-ring (bicyclic) bond motifs is 1. The zero-order valence-electron chi connectivity index (χ0n) is 17.4. The van der Waals surface area contributed by atoms with Crippen molar-refractivity contribution >= 4 is 27.5 Å². The van der Waals surface area contributed by atoms with E-state index >= 15 is 0 Å². The molecule has 0 bridgehead atoms. The average Bonchev–Trinajstić information content (AvgIpc) is 3.21. The molecule has 0 atom stereocenters. The minimum atomic E-state index is -4.30. The van der Waals surface area contributed by atoms with Crippen molar-refractivity contribution < 1.29 is 13.0 Å². The summed E-state index contributed by atoms with van der Waals surface area (Å²) in [6.45, 7) is 2.76. The van der Waals surface area contributed by atoms with Crippen molar-refractivity contribution in [3.8, 4) is 22.5 Å². The van der Waals surface area contributed by atoms with Crippen LogP contribution in [-0.4, -0.2) is 26.9 Å². The fourth-order valence-corrected chi connectivity index (χ4v) is 4.24. The van der Waals surface area contributed by atoms with Crippen molar-refractivity contribution in [3.05, 3.63) is 76.2 Å². The summed E-state index contributed by atoms with van der Waals surface area (Å²) in [5, 5.41) is 0.618. The Morgan fingerprint density at radius 1 is 1.00 bits per heavy atom. The average molecular weight is 472 g/mol. The van der Waals surface area contributed by atoms with Crippen molar-refractivity contribution in [2.45, 2.75) is 37.6 Å². The number of aromatic nitrogens is 3. The van der Waals surface area contributed by atoms with E-state index in [4.69, 9.17) is 16.6 Å². The summed E-state index contributed by atoms with van der Waals surface area (Å²) in [5.74, 6) is 0.507. The molecular weight excluding hydrogens is 450 g/mol. The molecule has 2 aromatic heterocycles. The third-order valence-corrected chi connectivity index (χ3v) is 6.41. The van der Waals surface area contributed by atoms with Gasteiger partial charge in [0.1, 0.15) is 0 Å². The van der Waals surface area contributed by atoms with E-state index in [1.165, 1.54) is 22.6 Å². The van der Waals surface area contributed by atoms with Crippen molar-refractivity contribution in [2.24, 2.45) is 0 Å². The van der Waals surface area contributed by atoms with Crippen molar-refractivity contribution in [1.29, 1.82) is 0 Å². The SMILES string of the molecule is CCCCCn1c(-c2ccc(S(=O)(=O)O)cc2)cc(=O)n2cc(-c3ccc(Cl)cc3)nc12. The lowest BCUT2D eigenvalue weighted by molar-refractivity contribution is 0.483. The predicted octanol–water partition coefficient (Wildman–Crippen LogP) is 4.92. The second kappa shape index (κ2) is 8.90. The monoisotopic (exact) mass is 471 g/mol. The van der Waals surface area contributed by atoms with Gasteiger partial charge in [-0.15, -0.1) is 0 Å². The zero-order valence-corrected chi connectivity index (χ0v) is 19.0. The smallest absolute Gasteiger partial charge is 0.294 e. The van der Waals surface area contributed by atoms with Gasteiger partial charge >= 0.3 is 0 Å². The second-order valence-corrected chi connectivity index (χ2v) is 9.39. The summed E-state index contributed by atoms with van der Waals surface area (Å²) >= 11 is 5.99. The van der Waals surface area contributed by atoms with Crippen LogP contribution in [0.25, 0.3) is 28.3 Å². The van der Waals surface area contributed by atoms with Gasteiger partial charge in [0, 0.05) is 29.4 Å². The number of halogens is 1. The third kappa shape index (κ3) is 4.48. The molecule has 4 aromatic rings. The van der Waals surface area contributed by atoms with E-state index in [1.807, 2.05) is 16.7 Å². The molecule has 0 radical (unpaired) electrons. The number of hydrogen-bond donors (Lipinski definition) is 1. The fraction of sp³-hybridized carbons (Fsp3) is 0.217. The Balaban J connectivity index is 1.89. The Labute approximate surface area is 190 Å². The molecule has 0 saturated heterocycles. The first-order valence-electron chi connectivity index (χ1n) is 10.2. The minimum Gasteiger partial charge on any atom is -0.311 e. The highest BCUT2D eigenvalue weighted by Gasteiger charge is 2.16. The van der Waals surface area contributed by atoms with E-state index in [0.29, 0.717) is 34.3 Å². The largest absolute Gasteiger partial charge is 0.311 e. The molecule has 0 amide bonds. The van der Waals surface area contributed by atoms with Crippen LogP contribution in [-0.2, 0) is 16.7 Å². The molecule has 0 unspecified atom stereocenters. The first kappa shape index (κ1) is 22.3. The molecule has 7 nitrogen and oxygen atoms in total.